The van der Waals surface area contributed by atoms with Gasteiger partial charge in [0.15, 0.2) is 17.7 Å². The molecule has 3 aromatic heterocycles. The van der Waals surface area contributed by atoms with Crippen LogP contribution in [0.25, 0.3) is 20.8 Å². The van der Waals surface area contributed by atoms with Crippen LogP contribution >= 0.6 is 11.3 Å². The predicted octanol–water partition coefficient (Wildman–Crippen LogP) is 5.43. The first-order valence-electron chi connectivity index (χ1n) is 16.4. The Morgan fingerprint density at radius 1 is 0.907 bits per heavy atom. The maximum Gasteiger partial charge on any atom is 0.333 e. The number of carbonyl (C=O) groups excluding carboxylic acids is 2. The number of carboxylic acid groups (broad SMARTS) is 2. The number of aromatic nitrogens is 2. The Balaban J connectivity index is 0.000000554. The van der Waals surface area contributed by atoms with Crippen molar-refractivity contribution in [3.8, 4) is 22.1 Å². The van der Waals surface area contributed by atoms with E-state index in [1.54, 1.807) is 19.4 Å². The Hall–Kier alpha value is -5.88. The molecule has 54 heavy (non-hydrogen) atoms. The first kappa shape index (κ1) is 39.3. The molecule has 0 radical (unpaired) electrons. The van der Waals surface area contributed by atoms with Crippen molar-refractivity contribution < 1.29 is 52.8 Å². The number of carbonyl (C=O) groups is 4. The van der Waals surface area contributed by atoms with Gasteiger partial charge in [-0.05, 0) is 66.9 Å². The van der Waals surface area contributed by atoms with Gasteiger partial charge in [0.25, 0.3) is 0 Å². The molecule has 6 rings (SSSR count). The topological polar surface area (TPSA) is 209 Å². The van der Waals surface area contributed by atoms with Crippen molar-refractivity contribution in [2.24, 2.45) is 5.41 Å². The summed E-state index contributed by atoms with van der Waals surface area (Å²) in [5, 5.41) is 32.7. The second-order valence-electron chi connectivity index (χ2n) is 12.1. The van der Waals surface area contributed by atoms with Crippen LogP contribution in [0, 0.1) is 17.0 Å². The highest BCUT2D eigenvalue weighted by atomic mass is 32.1. The number of hydrogen-bond acceptors (Lipinski definition) is 11. The molecule has 1 aliphatic carbocycles. The van der Waals surface area contributed by atoms with Gasteiger partial charge in [-0.25, -0.2) is 13.6 Å². The molecule has 6 N–H and O–H groups in total. The third kappa shape index (κ3) is 10.2. The van der Waals surface area contributed by atoms with E-state index in [1.807, 2.05) is 24.4 Å². The number of rotatable bonds is 15. The van der Waals surface area contributed by atoms with Crippen LogP contribution in [0.3, 0.4) is 0 Å². The fraction of sp³-hybridized carbons (Fsp3) is 0.243. The van der Waals surface area contributed by atoms with Crippen molar-refractivity contribution in [3.05, 3.63) is 96.3 Å². The summed E-state index contributed by atoms with van der Waals surface area (Å²) in [4.78, 5) is 55.2. The van der Waals surface area contributed by atoms with Crippen molar-refractivity contribution in [1.29, 1.82) is 0 Å². The minimum Gasteiger partial charge on any atom is -0.481 e. The molecule has 0 saturated heterocycles. The molecule has 0 unspecified atom stereocenters. The van der Waals surface area contributed by atoms with E-state index < -0.39 is 53.3 Å². The number of hydrogen-bond donors (Lipinski definition) is 6. The van der Waals surface area contributed by atoms with E-state index in [2.05, 4.69) is 25.9 Å². The van der Waals surface area contributed by atoms with E-state index in [0.29, 0.717) is 42.9 Å². The molecule has 0 bridgehead atoms. The molecule has 14 nitrogen and oxygen atoms in total. The van der Waals surface area contributed by atoms with Gasteiger partial charge in [-0.1, -0.05) is 6.07 Å². The molecular formula is C37H35F2N5O9S. The molecule has 17 heteroatoms. The summed E-state index contributed by atoms with van der Waals surface area (Å²) in [6.45, 7) is 2.07. The van der Waals surface area contributed by atoms with Crippen LogP contribution in [-0.4, -0.2) is 75.4 Å². The Bertz CT molecular complexity index is 2130. The summed E-state index contributed by atoms with van der Waals surface area (Å²) in [6, 6.07) is 16.9. The molecule has 2 amide bonds. The number of benzene rings is 2. The predicted molar refractivity (Wildman–Crippen MR) is 194 cm³/mol. The number of nitrogens with zero attached hydrogens (tertiary/aromatic N) is 2. The van der Waals surface area contributed by atoms with E-state index in [0.717, 1.165) is 33.4 Å². The van der Waals surface area contributed by atoms with Crippen LogP contribution in [0.15, 0.2) is 79.1 Å². The van der Waals surface area contributed by atoms with Crippen LogP contribution in [0.4, 0.5) is 20.2 Å². The number of fused-ring (bicyclic) bond motifs is 1. The highest BCUT2D eigenvalue weighted by Gasteiger charge is 2.56. The lowest BCUT2D eigenvalue weighted by molar-refractivity contribution is -0.152. The largest absolute Gasteiger partial charge is 0.481 e. The summed E-state index contributed by atoms with van der Waals surface area (Å²) in [5.41, 5.74) is 1.83. The number of anilines is 2. The fourth-order valence-electron chi connectivity index (χ4n) is 4.95. The lowest BCUT2D eigenvalue weighted by Crippen LogP contribution is -2.35. The maximum atomic E-state index is 15.2. The second kappa shape index (κ2) is 17.8. The monoisotopic (exact) mass is 763 g/mol. The highest BCUT2D eigenvalue weighted by Crippen LogP contribution is 2.48. The smallest absolute Gasteiger partial charge is 0.333 e. The van der Waals surface area contributed by atoms with Gasteiger partial charge >= 0.3 is 11.9 Å². The van der Waals surface area contributed by atoms with Crippen molar-refractivity contribution in [2.45, 2.75) is 31.9 Å². The molecule has 282 valence electrons. The van der Waals surface area contributed by atoms with E-state index in [-0.39, 0.29) is 11.4 Å². The van der Waals surface area contributed by atoms with Gasteiger partial charge in [0, 0.05) is 56.1 Å². The van der Waals surface area contributed by atoms with Gasteiger partial charge in [0.2, 0.25) is 11.8 Å². The van der Waals surface area contributed by atoms with Crippen LogP contribution in [0.5, 0.6) is 11.5 Å². The first-order chi connectivity index (χ1) is 25.9. The zero-order valence-corrected chi connectivity index (χ0v) is 29.5. The first-order valence-corrected chi connectivity index (χ1v) is 17.2. The van der Waals surface area contributed by atoms with Crippen LogP contribution in [-0.2, 0) is 30.5 Å². The Labute approximate surface area is 310 Å². The minimum atomic E-state index is -1.79. The third-order valence-electron chi connectivity index (χ3n) is 8.05. The van der Waals surface area contributed by atoms with Crippen LogP contribution < -0.4 is 20.7 Å². The average molecular weight is 764 g/mol. The molecule has 2 aromatic carbocycles. The Morgan fingerprint density at radius 2 is 1.61 bits per heavy atom. The number of methoxy groups -OCH3 is 1. The Kier molecular flexibility index (Phi) is 12.9. The lowest BCUT2D eigenvalue weighted by atomic mass is 10.0. The number of halogens is 2. The fourth-order valence-corrected chi connectivity index (χ4v) is 5.99. The van der Waals surface area contributed by atoms with Crippen molar-refractivity contribution >= 4 is 56.7 Å². The third-order valence-corrected chi connectivity index (χ3v) is 9.21. The number of aliphatic hydroxyl groups excluding tert-OH is 1. The molecule has 0 spiro atoms. The number of ether oxygens (including phenoxy) is 2. The summed E-state index contributed by atoms with van der Waals surface area (Å²) in [5.74, 6) is -4.61. The molecular weight excluding hydrogens is 728 g/mol. The SMILES string of the molecule is COCCNCc1ccc(-c2cc3nccc(Oc4ccc(NC(=O)C5(C(=O)Nc6ccc(F)cc6)CC5)cc4F)c3s2)nc1.O=C(O)C[C@H](O)C(=O)O. The van der Waals surface area contributed by atoms with E-state index in [9.17, 15) is 23.6 Å². The molecule has 1 aliphatic rings. The Morgan fingerprint density at radius 3 is 2.20 bits per heavy atom. The lowest BCUT2D eigenvalue weighted by Gasteiger charge is -2.16. The van der Waals surface area contributed by atoms with Crippen LogP contribution in [0.1, 0.15) is 24.8 Å². The second-order valence-corrected chi connectivity index (χ2v) is 13.1. The summed E-state index contributed by atoms with van der Waals surface area (Å²) >= 11 is 1.44. The van der Waals surface area contributed by atoms with E-state index >= 15 is 4.39 Å². The molecule has 3 heterocycles. The molecule has 1 fully saturated rings. The average Bonchev–Trinajstić information content (AvgIpc) is 3.85. The van der Waals surface area contributed by atoms with Crippen molar-refractivity contribution in [3.63, 3.8) is 0 Å². The zero-order valence-electron chi connectivity index (χ0n) is 28.7. The number of nitrogens with one attached hydrogen (secondary N) is 3. The van der Waals surface area contributed by atoms with E-state index in [4.69, 9.17) is 24.8 Å². The van der Waals surface area contributed by atoms with Gasteiger partial charge in [0.05, 0.1) is 33.8 Å². The molecule has 5 aromatic rings. The summed E-state index contributed by atoms with van der Waals surface area (Å²) < 4.78 is 40.1. The molecule has 0 aliphatic heterocycles. The zero-order chi connectivity index (χ0) is 38.8. The number of pyridine rings is 2. The number of aliphatic hydroxyl groups is 1. The van der Waals surface area contributed by atoms with Crippen LogP contribution in [0.2, 0.25) is 0 Å². The van der Waals surface area contributed by atoms with Gasteiger partial charge in [-0.15, -0.1) is 11.3 Å². The normalized spacial score (nSPS) is 13.3. The van der Waals surface area contributed by atoms with Crippen molar-refractivity contribution in [2.75, 3.05) is 30.9 Å². The maximum absolute atomic E-state index is 15.2. The number of thiophene rings is 1. The molecule has 1 atom stereocenters. The quantitative estimate of drug-likeness (QED) is 0.0583. The van der Waals surface area contributed by atoms with Gasteiger partial charge in [-0.3, -0.25) is 24.4 Å². The summed E-state index contributed by atoms with van der Waals surface area (Å²) in [7, 11) is 1.66. The van der Waals surface area contributed by atoms with Gasteiger partial charge < -0.3 is 40.7 Å². The standard InChI is InChI=1S/C33H29F2N5O4S.C4H6O5/c1-43-15-14-36-18-20-2-8-25(38-19-20)29-17-26-30(45-29)28(10-13-37-26)44-27-9-7-23(16-24(27)35)40-32(42)33(11-12-33)31(41)39-22-5-3-21(34)4-6-22;5-2(4(8)9)1-3(6)7/h2-10,13,16-17,19,36H,11-12,14-15,18H2,1H3,(H,39,41)(H,40,42);2,5H,1H2,(H,6,7)(H,8,9)/t;2-/m.0/s1. The number of carboxylic acids is 2. The van der Waals surface area contributed by atoms with E-state index in [1.165, 1.54) is 47.7 Å². The number of aliphatic carboxylic acids is 2. The molecule has 1 saturated carbocycles. The van der Waals surface area contributed by atoms with Crippen molar-refractivity contribution in [1.82, 2.24) is 15.3 Å². The number of amides is 2. The summed E-state index contributed by atoms with van der Waals surface area (Å²) in [6.07, 6.45) is 1.57. The minimum absolute atomic E-state index is 0.0333. The van der Waals surface area contributed by atoms with Gasteiger partial charge in [0.1, 0.15) is 17.0 Å². The van der Waals surface area contributed by atoms with Gasteiger partial charge in [-0.2, -0.15) is 0 Å². The highest BCUT2D eigenvalue weighted by molar-refractivity contribution is 7.22.